The Kier molecular flexibility index (Phi) is 4.07. The molecule has 0 aliphatic carbocycles. The zero-order valence-electron chi connectivity index (χ0n) is 12.7. The summed E-state index contributed by atoms with van der Waals surface area (Å²) in [6.07, 6.45) is 1.52. The minimum Gasteiger partial charge on any atom is -0.399 e. The lowest BCUT2D eigenvalue weighted by molar-refractivity contribution is 0.00578. The molecular formula is C14H20BN3O3. The van der Waals surface area contributed by atoms with Crippen LogP contribution in [0.4, 0.5) is 4.79 Å². The van der Waals surface area contributed by atoms with Gasteiger partial charge in [0.15, 0.2) is 0 Å². The van der Waals surface area contributed by atoms with Crippen molar-refractivity contribution in [2.75, 3.05) is 0 Å². The Morgan fingerprint density at radius 2 is 1.81 bits per heavy atom. The molecule has 1 fully saturated rings. The zero-order chi connectivity index (χ0) is 15.7. The van der Waals surface area contributed by atoms with E-state index >= 15 is 0 Å². The molecule has 0 aromatic heterocycles. The van der Waals surface area contributed by atoms with Crippen LogP contribution in [0.1, 0.15) is 33.3 Å². The van der Waals surface area contributed by atoms with E-state index in [4.69, 9.17) is 15.0 Å². The van der Waals surface area contributed by atoms with Crippen molar-refractivity contribution in [2.24, 2.45) is 10.8 Å². The van der Waals surface area contributed by atoms with Gasteiger partial charge in [-0.25, -0.2) is 10.2 Å². The molecule has 0 unspecified atom stereocenters. The topological polar surface area (TPSA) is 85.9 Å². The highest BCUT2D eigenvalue weighted by Crippen LogP contribution is 2.36. The number of nitrogens with two attached hydrogens (primary N) is 1. The number of nitrogens with one attached hydrogen (secondary N) is 1. The van der Waals surface area contributed by atoms with Gasteiger partial charge in [-0.15, -0.1) is 0 Å². The highest BCUT2D eigenvalue weighted by molar-refractivity contribution is 6.63. The van der Waals surface area contributed by atoms with Crippen molar-refractivity contribution in [3.05, 3.63) is 29.8 Å². The first kappa shape index (κ1) is 15.5. The number of rotatable bonds is 3. The third-order valence-electron chi connectivity index (χ3n) is 3.88. The molecule has 0 saturated carbocycles. The number of hydrazone groups is 1. The molecule has 1 aromatic carbocycles. The molecule has 1 aliphatic heterocycles. The predicted molar refractivity (Wildman–Crippen MR) is 82.5 cm³/mol. The molecule has 112 valence electrons. The Balaban J connectivity index is 2.26. The van der Waals surface area contributed by atoms with Crippen molar-refractivity contribution in [3.8, 4) is 0 Å². The van der Waals surface area contributed by atoms with Gasteiger partial charge < -0.3 is 15.0 Å². The second-order valence-electron chi connectivity index (χ2n) is 5.95. The first-order valence-electron chi connectivity index (χ1n) is 6.76. The second-order valence-corrected chi connectivity index (χ2v) is 5.95. The van der Waals surface area contributed by atoms with Crippen LogP contribution in [0.2, 0.25) is 0 Å². The van der Waals surface area contributed by atoms with Crippen LogP contribution < -0.4 is 16.6 Å². The number of carbonyl (C=O) groups is 1. The van der Waals surface area contributed by atoms with Crippen molar-refractivity contribution < 1.29 is 14.1 Å². The van der Waals surface area contributed by atoms with E-state index < -0.39 is 24.4 Å². The molecule has 0 spiro atoms. The first-order valence-corrected chi connectivity index (χ1v) is 6.76. The average molecular weight is 289 g/mol. The summed E-state index contributed by atoms with van der Waals surface area (Å²) >= 11 is 0. The van der Waals surface area contributed by atoms with E-state index in [1.807, 2.05) is 52.0 Å². The van der Waals surface area contributed by atoms with Gasteiger partial charge in [0.25, 0.3) is 0 Å². The average Bonchev–Trinajstić information content (AvgIpc) is 2.58. The molecular weight excluding hydrogens is 269 g/mol. The fraction of sp³-hybridized carbons (Fsp3) is 0.429. The minimum atomic E-state index is -0.709. The van der Waals surface area contributed by atoms with Gasteiger partial charge in [-0.3, -0.25) is 0 Å². The number of hydrogen-bond acceptors (Lipinski definition) is 4. The Bertz CT molecular complexity index is 556. The number of hydrogen-bond donors (Lipinski definition) is 2. The van der Waals surface area contributed by atoms with E-state index in [0.29, 0.717) is 0 Å². The van der Waals surface area contributed by atoms with Gasteiger partial charge in [-0.1, -0.05) is 24.3 Å². The van der Waals surface area contributed by atoms with Gasteiger partial charge in [-0.2, -0.15) is 5.10 Å². The molecule has 0 atom stereocenters. The van der Waals surface area contributed by atoms with Gasteiger partial charge in [-0.05, 0) is 38.7 Å². The van der Waals surface area contributed by atoms with Gasteiger partial charge in [0.2, 0.25) is 0 Å². The Morgan fingerprint density at radius 3 is 2.38 bits per heavy atom. The first-order chi connectivity index (χ1) is 9.73. The molecule has 2 rings (SSSR count). The summed E-state index contributed by atoms with van der Waals surface area (Å²) in [4.78, 5) is 10.6. The number of primary amides is 1. The summed E-state index contributed by atoms with van der Waals surface area (Å²) in [5, 5.41) is 3.79. The quantitative estimate of drug-likeness (QED) is 0.494. The largest absolute Gasteiger partial charge is 0.495 e. The van der Waals surface area contributed by atoms with E-state index in [0.717, 1.165) is 11.0 Å². The number of amides is 2. The standard InChI is InChI=1S/C14H20BN3O3/c1-13(2)14(3,4)21-15(20-13)11-8-6-5-7-10(11)9-17-18-12(16)19/h5-9H,1-4H3,(H3,16,18,19). The molecule has 6 nitrogen and oxygen atoms in total. The van der Waals surface area contributed by atoms with Crippen LogP contribution in [0.5, 0.6) is 0 Å². The van der Waals surface area contributed by atoms with Crippen molar-refractivity contribution in [1.82, 2.24) is 5.43 Å². The molecule has 1 aliphatic rings. The maximum atomic E-state index is 10.6. The second kappa shape index (κ2) is 5.50. The van der Waals surface area contributed by atoms with Crippen LogP contribution in [-0.2, 0) is 9.31 Å². The number of urea groups is 1. The van der Waals surface area contributed by atoms with Gasteiger partial charge in [0, 0.05) is 0 Å². The highest BCUT2D eigenvalue weighted by Gasteiger charge is 2.52. The van der Waals surface area contributed by atoms with Crippen LogP contribution in [0.15, 0.2) is 29.4 Å². The van der Waals surface area contributed by atoms with Crippen LogP contribution in [0.25, 0.3) is 0 Å². The Morgan fingerprint density at radius 1 is 1.24 bits per heavy atom. The third kappa shape index (κ3) is 3.25. The SMILES string of the molecule is CC1(C)OB(c2ccccc2C=NNC(N)=O)OC1(C)C. The minimum absolute atomic E-state index is 0.409. The van der Waals surface area contributed by atoms with Crippen molar-refractivity contribution in [1.29, 1.82) is 0 Å². The van der Waals surface area contributed by atoms with E-state index in [1.54, 1.807) is 0 Å². The molecule has 21 heavy (non-hydrogen) atoms. The summed E-state index contributed by atoms with van der Waals surface area (Å²) in [6, 6.07) is 6.85. The molecule has 3 N–H and O–H groups in total. The van der Waals surface area contributed by atoms with E-state index in [2.05, 4.69) is 10.5 Å². The maximum Gasteiger partial charge on any atom is 0.495 e. The fourth-order valence-electron chi connectivity index (χ4n) is 1.98. The summed E-state index contributed by atoms with van der Waals surface area (Å²) in [6.45, 7) is 7.99. The smallest absolute Gasteiger partial charge is 0.399 e. The van der Waals surface area contributed by atoms with Crippen LogP contribution >= 0.6 is 0 Å². The van der Waals surface area contributed by atoms with Crippen LogP contribution in [0.3, 0.4) is 0 Å². The number of carbonyl (C=O) groups excluding carboxylic acids is 1. The fourth-order valence-corrected chi connectivity index (χ4v) is 1.98. The summed E-state index contributed by atoms with van der Waals surface area (Å²) < 4.78 is 12.0. The molecule has 2 amide bonds. The Labute approximate surface area is 124 Å². The lowest BCUT2D eigenvalue weighted by atomic mass is 9.76. The van der Waals surface area contributed by atoms with Crippen LogP contribution in [-0.4, -0.2) is 30.6 Å². The van der Waals surface area contributed by atoms with Crippen LogP contribution in [0, 0.1) is 0 Å². The third-order valence-corrected chi connectivity index (χ3v) is 3.88. The van der Waals surface area contributed by atoms with Gasteiger partial charge in [0.1, 0.15) is 0 Å². The van der Waals surface area contributed by atoms with Gasteiger partial charge in [0.05, 0.1) is 17.4 Å². The van der Waals surface area contributed by atoms with Crippen molar-refractivity contribution >= 4 is 24.8 Å². The molecule has 0 radical (unpaired) electrons. The predicted octanol–water partition coefficient (Wildman–Crippen LogP) is 0.988. The van der Waals surface area contributed by atoms with Crippen molar-refractivity contribution in [3.63, 3.8) is 0 Å². The van der Waals surface area contributed by atoms with E-state index in [9.17, 15) is 4.79 Å². The lowest BCUT2D eigenvalue weighted by Crippen LogP contribution is -2.41. The molecule has 1 aromatic rings. The lowest BCUT2D eigenvalue weighted by Gasteiger charge is -2.32. The molecule has 1 saturated heterocycles. The number of nitrogens with zero attached hydrogens (tertiary/aromatic N) is 1. The zero-order valence-corrected chi connectivity index (χ0v) is 12.7. The monoisotopic (exact) mass is 289 g/mol. The normalized spacial score (nSPS) is 19.9. The summed E-state index contributed by atoms with van der Waals surface area (Å²) in [7, 11) is -0.480. The van der Waals surface area contributed by atoms with Gasteiger partial charge >= 0.3 is 13.1 Å². The Hall–Kier alpha value is -1.86. The number of benzene rings is 1. The maximum absolute atomic E-state index is 10.6. The molecule has 0 bridgehead atoms. The molecule has 7 heteroatoms. The van der Waals surface area contributed by atoms with E-state index in [1.165, 1.54) is 6.21 Å². The van der Waals surface area contributed by atoms with Crippen molar-refractivity contribution in [2.45, 2.75) is 38.9 Å². The summed E-state index contributed by atoms with van der Waals surface area (Å²) in [5.74, 6) is 0. The summed E-state index contributed by atoms with van der Waals surface area (Å²) in [5.41, 5.74) is 7.98. The molecule has 1 heterocycles. The highest BCUT2D eigenvalue weighted by atomic mass is 16.7. The van der Waals surface area contributed by atoms with E-state index in [-0.39, 0.29) is 0 Å².